The maximum absolute atomic E-state index is 2.47. The van der Waals surface area contributed by atoms with Crippen LogP contribution in [0.1, 0.15) is 78.6 Å². The Morgan fingerprint density at radius 1 is 0.812 bits per heavy atom. The largest absolute Gasteiger partial charge is 0.0651 e. The van der Waals surface area contributed by atoms with Gasteiger partial charge in [-0.15, -0.1) is 0 Å². The van der Waals surface area contributed by atoms with Crippen molar-refractivity contribution in [2.75, 3.05) is 0 Å². The molecule has 0 aromatic heterocycles. The first-order valence-corrected chi connectivity index (χ1v) is 7.65. The summed E-state index contributed by atoms with van der Waals surface area (Å²) in [6, 6.07) is 0. The summed E-state index contributed by atoms with van der Waals surface area (Å²) in [7, 11) is 0. The normalized spacial score (nSPS) is 45.6. The molecule has 94 valence electrons. The third-order valence-corrected chi connectivity index (χ3v) is 5.97. The van der Waals surface area contributed by atoms with Crippen molar-refractivity contribution in [3.8, 4) is 0 Å². The molecule has 0 N–H and O–H groups in total. The van der Waals surface area contributed by atoms with Crippen LogP contribution in [-0.2, 0) is 0 Å². The van der Waals surface area contributed by atoms with Crippen molar-refractivity contribution >= 4 is 0 Å². The first-order chi connectivity index (χ1) is 7.65. The van der Waals surface area contributed by atoms with E-state index in [1.807, 2.05) is 0 Å². The van der Waals surface area contributed by atoms with Gasteiger partial charge in [-0.2, -0.15) is 0 Å². The lowest BCUT2D eigenvalue weighted by atomic mass is 9.66. The van der Waals surface area contributed by atoms with Crippen LogP contribution in [0.3, 0.4) is 0 Å². The molecule has 2 atom stereocenters. The number of rotatable bonds is 1. The molecule has 0 aromatic rings. The van der Waals surface area contributed by atoms with Gasteiger partial charge in [-0.3, -0.25) is 0 Å². The lowest BCUT2D eigenvalue weighted by Gasteiger charge is -2.40. The van der Waals surface area contributed by atoms with Gasteiger partial charge in [-0.1, -0.05) is 27.2 Å². The summed E-state index contributed by atoms with van der Waals surface area (Å²) >= 11 is 0. The Balaban J connectivity index is 1.93. The molecule has 16 heavy (non-hydrogen) atoms. The maximum Gasteiger partial charge on any atom is -0.0297 e. The Kier molecular flexibility index (Phi) is 3.97. The molecule has 2 unspecified atom stereocenters. The van der Waals surface area contributed by atoms with Crippen molar-refractivity contribution < 1.29 is 0 Å². The lowest BCUT2D eigenvalue weighted by Crippen LogP contribution is -2.27. The average molecular weight is 222 g/mol. The van der Waals surface area contributed by atoms with Crippen LogP contribution in [0.15, 0.2) is 0 Å². The smallest absolute Gasteiger partial charge is 0.0297 e. The topological polar surface area (TPSA) is 0 Å². The van der Waals surface area contributed by atoms with Crippen molar-refractivity contribution in [2.45, 2.75) is 78.6 Å². The van der Waals surface area contributed by atoms with Crippen LogP contribution in [0.25, 0.3) is 0 Å². The predicted octanol–water partition coefficient (Wildman–Crippen LogP) is 5.42. The highest BCUT2D eigenvalue weighted by atomic mass is 14.4. The lowest BCUT2D eigenvalue weighted by molar-refractivity contribution is 0.123. The van der Waals surface area contributed by atoms with Crippen molar-refractivity contribution in [3.63, 3.8) is 0 Å². The highest BCUT2D eigenvalue weighted by molar-refractivity contribution is 4.88. The van der Waals surface area contributed by atoms with Crippen molar-refractivity contribution in [3.05, 3.63) is 0 Å². The van der Waals surface area contributed by atoms with Gasteiger partial charge in [0.2, 0.25) is 0 Å². The second-order valence-corrected chi connectivity index (χ2v) is 6.88. The SMILES string of the molecule is CCC1CCC2(CC1)CCC(C)C(C)CC2. The van der Waals surface area contributed by atoms with Gasteiger partial charge in [0.1, 0.15) is 0 Å². The van der Waals surface area contributed by atoms with E-state index in [4.69, 9.17) is 0 Å². The van der Waals surface area contributed by atoms with Gasteiger partial charge in [0.25, 0.3) is 0 Å². The van der Waals surface area contributed by atoms with Crippen LogP contribution < -0.4 is 0 Å². The van der Waals surface area contributed by atoms with Crippen LogP contribution in [0, 0.1) is 23.2 Å². The third-order valence-electron chi connectivity index (χ3n) is 5.97. The predicted molar refractivity (Wildman–Crippen MR) is 71.5 cm³/mol. The zero-order valence-corrected chi connectivity index (χ0v) is 11.6. The van der Waals surface area contributed by atoms with E-state index in [9.17, 15) is 0 Å². The molecular weight excluding hydrogens is 192 g/mol. The Hall–Kier alpha value is 0. The molecular formula is C16H30. The van der Waals surface area contributed by atoms with Crippen molar-refractivity contribution in [1.82, 2.24) is 0 Å². The minimum Gasteiger partial charge on any atom is -0.0651 e. The quantitative estimate of drug-likeness (QED) is 0.556. The van der Waals surface area contributed by atoms with E-state index in [2.05, 4.69) is 20.8 Å². The Morgan fingerprint density at radius 2 is 1.25 bits per heavy atom. The van der Waals surface area contributed by atoms with Gasteiger partial charge >= 0.3 is 0 Å². The van der Waals surface area contributed by atoms with Crippen LogP contribution in [0.5, 0.6) is 0 Å². The van der Waals surface area contributed by atoms with Gasteiger partial charge in [0.05, 0.1) is 0 Å². The summed E-state index contributed by atoms with van der Waals surface area (Å²) in [5.74, 6) is 3.01. The monoisotopic (exact) mass is 222 g/mol. The highest BCUT2D eigenvalue weighted by Crippen LogP contribution is 2.50. The molecule has 0 heteroatoms. The molecule has 0 bridgehead atoms. The Morgan fingerprint density at radius 3 is 1.69 bits per heavy atom. The zero-order chi connectivity index (χ0) is 11.6. The minimum absolute atomic E-state index is 0.782. The Labute approximate surface area is 102 Å². The van der Waals surface area contributed by atoms with Crippen LogP contribution in [0.4, 0.5) is 0 Å². The average Bonchev–Trinajstić information content (AvgIpc) is 2.45. The molecule has 2 aliphatic carbocycles. The van der Waals surface area contributed by atoms with Gasteiger partial charge in [-0.05, 0) is 74.5 Å². The fourth-order valence-electron chi connectivity index (χ4n) is 3.96. The molecule has 0 heterocycles. The standard InChI is InChI=1S/C16H30/c1-4-15-7-11-16(12-8-15)9-5-13(2)14(3)6-10-16/h13-15H,4-12H2,1-3H3. The van der Waals surface area contributed by atoms with Crippen molar-refractivity contribution in [1.29, 1.82) is 0 Å². The molecule has 0 aliphatic heterocycles. The van der Waals surface area contributed by atoms with Gasteiger partial charge in [-0.25, -0.2) is 0 Å². The first-order valence-electron chi connectivity index (χ1n) is 7.65. The maximum atomic E-state index is 2.47. The number of hydrogen-bond acceptors (Lipinski definition) is 0. The molecule has 1 spiro atoms. The van der Waals surface area contributed by atoms with Crippen LogP contribution in [0.2, 0.25) is 0 Å². The van der Waals surface area contributed by atoms with E-state index in [1.54, 1.807) is 12.8 Å². The van der Waals surface area contributed by atoms with Crippen molar-refractivity contribution in [2.24, 2.45) is 23.2 Å². The second-order valence-electron chi connectivity index (χ2n) is 6.88. The molecule has 0 aromatic carbocycles. The van der Waals surface area contributed by atoms with E-state index in [-0.39, 0.29) is 0 Å². The molecule has 2 fully saturated rings. The van der Waals surface area contributed by atoms with E-state index in [0.717, 1.165) is 23.2 Å². The second kappa shape index (κ2) is 5.10. The van der Waals surface area contributed by atoms with Gasteiger partial charge in [0.15, 0.2) is 0 Å². The van der Waals surface area contributed by atoms with Crippen LogP contribution >= 0.6 is 0 Å². The zero-order valence-electron chi connectivity index (χ0n) is 11.6. The number of hydrogen-bond donors (Lipinski definition) is 0. The van der Waals surface area contributed by atoms with Gasteiger partial charge < -0.3 is 0 Å². The summed E-state index contributed by atoms with van der Waals surface area (Å²) in [5, 5.41) is 0. The molecule has 0 amide bonds. The van der Waals surface area contributed by atoms with E-state index in [1.165, 1.54) is 44.9 Å². The first kappa shape index (κ1) is 12.5. The summed E-state index contributed by atoms with van der Waals surface area (Å²) in [6.07, 6.45) is 13.6. The Bertz CT molecular complexity index is 196. The summed E-state index contributed by atoms with van der Waals surface area (Å²) < 4.78 is 0. The highest BCUT2D eigenvalue weighted by Gasteiger charge is 2.37. The minimum atomic E-state index is 0.782. The van der Waals surface area contributed by atoms with Crippen LogP contribution in [-0.4, -0.2) is 0 Å². The van der Waals surface area contributed by atoms with E-state index >= 15 is 0 Å². The molecule has 0 nitrogen and oxygen atoms in total. The third kappa shape index (κ3) is 2.63. The van der Waals surface area contributed by atoms with E-state index in [0.29, 0.717) is 0 Å². The fraction of sp³-hybridized carbons (Fsp3) is 1.00. The van der Waals surface area contributed by atoms with E-state index < -0.39 is 0 Å². The fourth-order valence-corrected chi connectivity index (χ4v) is 3.96. The molecule has 0 saturated heterocycles. The molecule has 2 saturated carbocycles. The molecule has 2 rings (SSSR count). The molecule has 0 radical (unpaired) electrons. The molecule has 2 aliphatic rings. The summed E-state index contributed by atoms with van der Waals surface area (Å²) in [6.45, 7) is 7.32. The summed E-state index contributed by atoms with van der Waals surface area (Å²) in [4.78, 5) is 0. The van der Waals surface area contributed by atoms with Gasteiger partial charge in [0, 0.05) is 0 Å². The summed E-state index contributed by atoms with van der Waals surface area (Å²) in [5.41, 5.74) is 0.782.